The number of halogens is 1. The van der Waals surface area contributed by atoms with Crippen molar-refractivity contribution in [2.45, 2.75) is 13.0 Å². The molecular weight excluding hydrogens is 181 g/mol. The van der Waals surface area contributed by atoms with Gasteiger partial charge in [0.05, 0.1) is 30.7 Å². The first-order chi connectivity index (χ1) is 6.81. The van der Waals surface area contributed by atoms with Gasteiger partial charge >= 0.3 is 0 Å². The Bertz CT molecular complexity index is 496. The van der Waals surface area contributed by atoms with E-state index in [1.54, 1.807) is 16.9 Å². The molecule has 4 heteroatoms. The molecule has 1 aromatic heterocycles. The molecule has 1 aromatic carbocycles. The van der Waals surface area contributed by atoms with Crippen LogP contribution < -0.4 is 0 Å². The van der Waals surface area contributed by atoms with Gasteiger partial charge in [-0.05, 0) is 18.2 Å². The van der Waals surface area contributed by atoms with Crippen LogP contribution in [0.1, 0.15) is 6.42 Å². The van der Waals surface area contributed by atoms with E-state index in [4.69, 9.17) is 5.26 Å². The maximum absolute atomic E-state index is 12.9. The van der Waals surface area contributed by atoms with E-state index in [1.165, 1.54) is 12.1 Å². The van der Waals surface area contributed by atoms with Gasteiger partial charge in [0, 0.05) is 5.39 Å². The molecule has 0 amide bonds. The summed E-state index contributed by atoms with van der Waals surface area (Å²) in [6.07, 6.45) is 2.06. The predicted octanol–water partition coefficient (Wildman–Crippen LogP) is 2.09. The molecule has 0 aliphatic rings. The number of aromatic nitrogens is 2. The van der Waals surface area contributed by atoms with Crippen molar-refractivity contribution < 1.29 is 4.39 Å². The molecule has 2 rings (SSSR count). The van der Waals surface area contributed by atoms with Crippen LogP contribution in [0, 0.1) is 17.1 Å². The first kappa shape index (κ1) is 8.70. The molecule has 0 radical (unpaired) electrons. The molecule has 3 nitrogen and oxygen atoms in total. The molecule has 0 atom stereocenters. The lowest BCUT2D eigenvalue weighted by atomic mass is 10.2. The van der Waals surface area contributed by atoms with E-state index in [0.29, 0.717) is 13.0 Å². The monoisotopic (exact) mass is 189 g/mol. The molecule has 0 saturated heterocycles. The second-order valence-corrected chi connectivity index (χ2v) is 2.98. The summed E-state index contributed by atoms with van der Waals surface area (Å²) in [6, 6.07) is 6.54. The molecule has 0 spiro atoms. The summed E-state index contributed by atoms with van der Waals surface area (Å²) in [5.41, 5.74) is 0.736. The van der Waals surface area contributed by atoms with Gasteiger partial charge in [-0.2, -0.15) is 10.4 Å². The van der Waals surface area contributed by atoms with Crippen molar-refractivity contribution in [1.82, 2.24) is 9.78 Å². The Morgan fingerprint density at radius 2 is 2.36 bits per heavy atom. The van der Waals surface area contributed by atoms with Crippen molar-refractivity contribution in [3.05, 3.63) is 30.2 Å². The fourth-order valence-corrected chi connectivity index (χ4v) is 1.38. The van der Waals surface area contributed by atoms with E-state index >= 15 is 0 Å². The Morgan fingerprint density at radius 1 is 1.50 bits per heavy atom. The van der Waals surface area contributed by atoms with Crippen molar-refractivity contribution in [1.29, 1.82) is 5.26 Å². The van der Waals surface area contributed by atoms with Gasteiger partial charge in [0.25, 0.3) is 0 Å². The summed E-state index contributed by atoms with van der Waals surface area (Å²) in [5, 5.41) is 13.4. The number of nitriles is 1. The highest BCUT2D eigenvalue weighted by Crippen LogP contribution is 2.14. The molecule has 0 fully saturated rings. The largest absolute Gasteiger partial charge is 0.264 e. The Labute approximate surface area is 80.4 Å². The maximum atomic E-state index is 12.9. The Kier molecular flexibility index (Phi) is 2.15. The van der Waals surface area contributed by atoms with Crippen LogP contribution in [0.3, 0.4) is 0 Å². The van der Waals surface area contributed by atoms with Gasteiger partial charge in [-0.25, -0.2) is 4.39 Å². The topological polar surface area (TPSA) is 41.6 Å². The highest BCUT2D eigenvalue weighted by atomic mass is 19.1. The van der Waals surface area contributed by atoms with E-state index in [1.807, 2.05) is 6.07 Å². The van der Waals surface area contributed by atoms with E-state index < -0.39 is 0 Å². The lowest BCUT2D eigenvalue weighted by Gasteiger charge is -1.98. The molecule has 14 heavy (non-hydrogen) atoms. The number of aryl methyl sites for hydroxylation is 1. The second-order valence-electron chi connectivity index (χ2n) is 2.98. The van der Waals surface area contributed by atoms with Gasteiger partial charge in [-0.15, -0.1) is 0 Å². The summed E-state index contributed by atoms with van der Waals surface area (Å²) in [4.78, 5) is 0. The third kappa shape index (κ3) is 1.44. The smallest absolute Gasteiger partial charge is 0.125 e. The van der Waals surface area contributed by atoms with Gasteiger partial charge in [-0.3, -0.25) is 4.68 Å². The van der Waals surface area contributed by atoms with Crippen molar-refractivity contribution in [3.63, 3.8) is 0 Å². The zero-order chi connectivity index (χ0) is 9.97. The van der Waals surface area contributed by atoms with Gasteiger partial charge in [-0.1, -0.05) is 0 Å². The SMILES string of the molecule is N#CCCn1ncc2ccc(F)cc21. The lowest BCUT2D eigenvalue weighted by molar-refractivity contribution is 0.621. The predicted molar refractivity (Wildman–Crippen MR) is 49.9 cm³/mol. The molecule has 0 saturated carbocycles. The van der Waals surface area contributed by atoms with Crippen LogP contribution in [0.2, 0.25) is 0 Å². The van der Waals surface area contributed by atoms with Crippen molar-refractivity contribution in [3.8, 4) is 6.07 Å². The van der Waals surface area contributed by atoms with E-state index in [-0.39, 0.29) is 5.82 Å². The van der Waals surface area contributed by atoms with Crippen LogP contribution in [0.5, 0.6) is 0 Å². The quantitative estimate of drug-likeness (QED) is 0.725. The Hall–Kier alpha value is -1.89. The Morgan fingerprint density at radius 3 is 3.14 bits per heavy atom. The van der Waals surface area contributed by atoms with Gasteiger partial charge in [0.15, 0.2) is 0 Å². The van der Waals surface area contributed by atoms with E-state index in [9.17, 15) is 4.39 Å². The lowest BCUT2D eigenvalue weighted by Crippen LogP contribution is -1.98. The first-order valence-electron chi connectivity index (χ1n) is 4.29. The average Bonchev–Trinajstić information content (AvgIpc) is 2.57. The van der Waals surface area contributed by atoms with Crippen molar-refractivity contribution >= 4 is 10.9 Å². The van der Waals surface area contributed by atoms with Crippen LogP contribution in [-0.2, 0) is 6.54 Å². The highest BCUT2D eigenvalue weighted by molar-refractivity contribution is 5.78. The zero-order valence-corrected chi connectivity index (χ0v) is 7.44. The van der Waals surface area contributed by atoms with Crippen molar-refractivity contribution in [2.24, 2.45) is 0 Å². The molecule has 1 heterocycles. The summed E-state index contributed by atoms with van der Waals surface area (Å²) >= 11 is 0. The molecule has 0 bridgehead atoms. The first-order valence-corrected chi connectivity index (χ1v) is 4.29. The normalized spacial score (nSPS) is 10.3. The third-order valence-corrected chi connectivity index (χ3v) is 2.04. The second kappa shape index (κ2) is 3.46. The summed E-state index contributed by atoms with van der Waals surface area (Å²) in [6.45, 7) is 0.503. The van der Waals surface area contributed by atoms with Crippen LogP contribution in [0.15, 0.2) is 24.4 Å². The number of hydrogen-bond acceptors (Lipinski definition) is 2. The molecular formula is C10H8FN3. The minimum absolute atomic E-state index is 0.281. The summed E-state index contributed by atoms with van der Waals surface area (Å²) in [5.74, 6) is -0.281. The number of hydrogen-bond donors (Lipinski definition) is 0. The standard InChI is InChI=1S/C10H8FN3/c11-9-3-2-8-7-13-14(5-1-4-12)10(8)6-9/h2-3,6-7H,1,5H2. The number of benzene rings is 1. The van der Waals surface area contributed by atoms with Crippen LogP contribution in [0.4, 0.5) is 4.39 Å². The van der Waals surface area contributed by atoms with Gasteiger partial charge in [0.2, 0.25) is 0 Å². The summed E-state index contributed by atoms with van der Waals surface area (Å²) < 4.78 is 14.6. The molecule has 2 aromatic rings. The number of fused-ring (bicyclic) bond motifs is 1. The minimum atomic E-state index is -0.281. The minimum Gasteiger partial charge on any atom is -0.264 e. The Balaban J connectivity index is 2.46. The molecule has 0 unspecified atom stereocenters. The van der Waals surface area contributed by atoms with E-state index in [2.05, 4.69) is 5.10 Å². The van der Waals surface area contributed by atoms with Gasteiger partial charge in [0.1, 0.15) is 5.82 Å². The highest BCUT2D eigenvalue weighted by Gasteiger charge is 2.02. The van der Waals surface area contributed by atoms with Crippen molar-refractivity contribution in [2.75, 3.05) is 0 Å². The molecule has 70 valence electrons. The molecule has 0 N–H and O–H groups in total. The summed E-state index contributed by atoms with van der Waals surface area (Å²) in [7, 11) is 0. The van der Waals surface area contributed by atoms with E-state index in [0.717, 1.165) is 10.9 Å². The zero-order valence-electron chi connectivity index (χ0n) is 7.44. The molecule has 0 aliphatic heterocycles. The maximum Gasteiger partial charge on any atom is 0.125 e. The average molecular weight is 189 g/mol. The number of nitrogens with zero attached hydrogens (tertiary/aromatic N) is 3. The van der Waals surface area contributed by atoms with Crippen LogP contribution >= 0.6 is 0 Å². The third-order valence-electron chi connectivity index (χ3n) is 2.04. The number of rotatable bonds is 2. The fraction of sp³-hybridized carbons (Fsp3) is 0.200. The molecule has 0 aliphatic carbocycles. The fourth-order valence-electron chi connectivity index (χ4n) is 1.38. The van der Waals surface area contributed by atoms with Gasteiger partial charge < -0.3 is 0 Å². The van der Waals surface area contributed by atoms with Crippen LogP contribution in [0.25, 0.3) is 10.9 Å². The van der Waals surface area contributed by atoms with Crippen LogP contribution in [-0.4, -0.2) is 9.78 Å².